The van der Waals surface area contributed by atoms with Crippen molar-refractivity contribution < 1.29 is 4.42 Å². The monoisotopic (exact) mass is 264 g/mol. The second-order valence-electron chi connectivity index (χ2n) is 6.84. The zero-order chi connectivity index (χ0) is 13.9. The number of furan rings is 1. The van der Waals surface area contributed by atoms with Crippen LogP contribution in [0.3, 0.4) is 0 Å². The van der Waals surface area contributed by atoms with Crippen molar-refractivity contribution in [2.24, 2.45) is 5.41 Å². The molecule has 3 heteroatoms. The Balaban J connectivity index is 1.83. The minimum Gasteiger partial charge on any atom is -0.468 e. The minimum atomic E-state index is 0.324. The van der Waals surface area contributed by atoms with E-state index in [0.29, 0.717) is 17.5 Å². The second-order valence-corrected chi connectivity index (χ2v) is 6.84. The summed E-state index contributed by atoms with van der Waals surface area (Å²) >= 11 is 0. The lowest BCUT2D eigenvalue weighted by Gasteiger charge is -2.35. The van der Waals surface area contributed by atoms with Gasteiger partial charge in [0.2, 0.25) is 0 Å². The van der Waals surface area contributed by atoms with Crippen molar-refractivity contribution in [1.29, 1.82) is 0 Å². The lowest BCUT2D eigenvalue weighted by atomic mass is 9.75. The van der Waals surface area contributed by atoms with Gasteiger partial charge in [0.25, 0.3) is 0 Å². The summed E-state index contributed by atoms with van der Waals surface area (Å²) in [6, 6.07) is 5.03. The summed E-state index contributed by atoms with van der Waals surface area (Å²) in [5, 5.41) is 3.73. The fourth-order valence-corrected chi connectivity index (χ4v) is 2.90. The Morgan fingerprint density at radius 3 is 2.58 bits per heavy atom. The van der Waals surface area contributed by atoms with E-state index >= 15 is 0 Å². The third-order valence-corrected chi connectivity index (χ3v) is 4.43. The highest BCUT2D eigenvalue weighted by molar-refractivity contribution is 5.05. The standard InChI is InChI=1S/C16H28N2O/c1-16(2)9-7-13(8-10-16)17-12-14(18(3)4)15-6-5-11-19-15/h5-6,11,13-14,17H,7-10,12H2,1-4H3. The maximum Gasteiger partial charge on any atom is 0.122 e. The van der Waals surface area contributed by atoms with Crippen molar-refractivity contribution in [3.8, 4) is 0 Å². The summed E-state index contributed by atoms with van der Waals surface area (Å²) in [5.74, 6) is 1.05. The summed E-state index contributed by atoms with van der Waals surface area (Å²) in [6.07, 6.45) is 7.02. The van der Waals surface area contributed by atoms with E-state index in [2.05, 4.69) is 44.2 Å². The molecular formula is C16H28N2O. The van der Waals surface area contributed by atoms with E-state index in [0.717, 1.165) is 12.3 Å². The third-order valence-electron chi connectivity index (χ3n) is 4.43. The molecule has 19 heavy (non-hydrogen) atoms. The second kappa shape index (κ2) is 6.10. The highest BCUT2D eigenvalue weighted by Gasteiger charge is 2.27. The van der Waals surface area contributed by atoms with Gasteiger partial charge in [-0.05, 0) is 57.3 Å². The molecule has 0 spiro atoms. The van der Waals surface area contributed by atoms with Gasteiger partial charge in [-0.3, -0.25) is 4.90 Å². The molecule has 0 saturated heterocycles. The SMILES string of the molecule is CN(C)C(CNC1CCC(C)(C)CC1)c1ccco1. The molecule has 1 unspecified atom stereocenters. The first-order valence-electron chi connectivity index (χ1n) is 7.41. The summed E-state index contributed by atoms with van der Waals surface area (Å²) in [6.45, 7) is 5.73. The Hall–Kier alpha value is -0.800. The van der Waals surface area contributed by atoms with Gasteiger partial charge in [-0.15, -0.1) is 0 Å². The summed E-state index contributed by atoms with van der Waals surface area (Å²) in [7, 11) is 4.22. The van der Waals surface area contributed by atoms with Crippen LogP contribution in [0.4, 0.5) is 0 Å². The molecule has 0 amide bonds. The number of rotatable bonds is 5. The van der Waals surface area contributed by atoms with Crippen LogP contribution in [0.25, 0.3) is 0 Å². The lowest BCUT2D eigenvalue weighted by Crippen LogP contribution is -2.40. The highest BCUT2D eigenvalue weighted by Crippen LogP contribution is 2.35. The Bertz CT molecular complexity index is 360. The molecule has 1 aromatic rings. The normalized spacial score (nSPS) is 21.7. The van der Waals surface area contributed by atoms with Crippen LogP contribution in [0.1, 0.15) is 51.3 Å². The van der Waals surface area contributed by atoms with Crippen LogP contribution in [0.2, 0.25) is 0 Å². The summed E-state index contributed by atoms with van der Waals surface area (Å²) in [4.78, 5) is 2.22. The van der Waals surface area contributed by atoms with E-state index < -0.39 is 0 Å². The van der Waals surface area contributed by atoms with E-state index in [1.807, 2.05) is 6.07 Å². The molecule has 1 atom stereocenters. The predicted molar refractivity (Wildman–Crippen MR) is 79.2 cm³/mol. The van der Waals surface area contributed by atoms with E-state index in [9.17, 15) is 0 Å². The number of likely N-dealkylation sites (N-methyl/N-ethyl adjacent to an activating group) is 1. The first-order chi connectivity index (χ1) is 8.98. The van der Waals surface area contributed by atoms with Gasteiger partial charge in [0.15, 0.2) is 0 Å². The fourth-order valence-electron chi connectivity index (χ4n) is 2.90. The highest BCUT2D eigenvalue weighted by atomic mass is 16.3. The molecule has 0 aliphatic heterocycles. The average Bonchev–Trinajstić information content (AvgIpc) is 2.84. The van der Waals surface area contributed by atoms with Crippen LogP contribution >= 0.6 is 0 Å². The molecule has 0 aromatic carbocycles. The smallest absolute Gasteiger partial charge is 0.122 e. The molecule has 1 heterocycles. The quantitative estimate of drug-likeness (QED) is 0.883. The molecule has 2 rings (SSSR count). The maximum atomic E-state index is 5.55. The zero-order valence-corrected chi connectivity index (χ0v) is 12.8. The van der Waals surface area contributed by atoms with E-state index in [1.54, 1.807) is 6.26 Å². The Labute approximate surface area is 117 Å². The summed E-state index contributed by atoms with van der Waals surface area (Å²) < 4.78 is 5.55. The molecule has 0 radical (unpaired) electrons. The van der Waals surface area contributed by atoms with Crippen LogP contribution in [0.15, 0.2) is 22.8 Å². The van der Waals surface area contributed by atoms with Crippen LogP contribution in [0.5, 0.6) is 0 Å². The topological polar surface area (TPSA) is 28.4 Å². The van der Waals surface area contributed by atoms with Gasteiger partial charge >= 0.3 is 0 Å². The molecule has 1 aliphatic rings. The number of nitrogens with zero attached hydrogens (tertiary/aromatic N) is 1. The van der Waals surface area contributed by atoms with E-state index in [-0.39, 0.29) is 0 Å². The first kappa shape index (κ1) is 14.6. The Morgan fingerprint density at radius 2 is 2.05 bits per heavy atom. The van der Waals surface area contributed by atoms with Crippen molar-refractivity contribution >= 4 is 0 Å². The molecule has 0 bridgehead atoms. The Kier molecular flexibility index (Phi) is 4.69. The van der Waals surface area contributed by atoms with Crippen molar-refractivity contribution in [3.63, 3.8) is 0 Å². The fraction of sp³-hybridized carbons (Fsp3) is 0.750. The molecule has 108 valence electrons. The molecule has 1 fully saturated rings. The molecule has 1 aliphatic carbocycles. The van der Waals surface area contributed by atoms with Crippen LogP contribution in [0, 0.1) is 5.41 Å². The van der Waals surface area contributed by atoms with Gasteiger partial charge in [-0.2, -0.15) is 0 Å². The van der Waals surface area contributed by atoms with Gasteiger partial charge in [0.05, 0.1) is 12.3 Å². The molecule has 1 aromatic heterocycles. The first-order valence-corrected chi connectivity index (χ1v) is 7.41. The van der Waals surface area contributed by atoms with Crippen molar-refractivity contribution in [2.75, 3.05) is 20.6 Å². The van der Waals surface area contributed by atoms with Gasteiger partial charge in [-0.1, -0.05) is 13.8 Å². The lowest BCUT2D eigenvalue weighted by molar-refractivity contribution is 0.188. The van der Waals surface area contributed by atoms with E-state index in [1.165, 1.54) is 25.7 Å². The Morgan fingerprint density at radius 1 is 1.37 bits per heavy atom. The van der Waals surface area contributed by atoms with Gasteiger partial charge in [0.1, 0.15) is 5.76 Å². The molecule has 3 nitrogen and oxygen atoms in total. The zero-order valence-electron chi connectivity index (χ0n) is 12.8. The third kappa shape index (κ3) is 4.08. The molecular weight excluding hydrogens is 236 g/mol. The maximum absolute atomic E-state index is 5.55. The number of nitrogens with one attached hydrogen (secondary N) is 1. The van der Waals surface area contributed by atoms with Gasteiger partial charge in [0, 0.05) is 12.6 Å². The number of hydrogen-bond acceptors (Lipinski definition) is 3. The van der Waals surface area contributed by atoms with Crippen molar-refractivity contribution in [2.45, 2.75) is 51.6 Å². The van der Waals surface area contributed by atoms with E-state index in [4.69, 9.17) is 4.42 Å². The van der Waals surface area contributed by atoms with Crippen molar-refractivity contribution in [1.82, 2.24) is 10.2 Å². The number of hydrogen-bond donors (Lipinski definition) is 1. The van der Waals surface area contributed by atoms with Crippen LogP contribution in [-0.2, 0) is 0 Å². The summed E-state index contributed by atoms with van der Waals surface area (Å²) in [5.41, 5.74) is 0.542. The van der Waals surface area contributed by atoms with Crippen LogP contribution < -0.4 is 5.32 Å². The minimum absolute atomic E-state index is 0.324. The van der Waals surface area contributed by atoms with Gasteiger partial charge in [-0.25, -0.2) is 0 Å². The predicted octanol–water partition coefficient (Wildman–Crippen LogP) is 3.44. The molecule has 1 N–H and O–H groups in total. The van der Waals surface area contributed by atoms with Crippen molar-refractivity contribution in [3.05, 3.63) is 24.2 Å². The van der Waals surface area contributed by atoms with Gasteiger partial charge < -0.3 is 9.73 Å². The van der Waals surface area contributed by atoms with Crippen LogP contribution in [-0.4, -0.2) is 31.6 Å². The average molecular weight is 264 g/mol. The largest absolute Gasteiger partial charge is 0.468 e. The molecule has 1 saturated carbocycles.